The average molecular weight is 521 g/mol. The lowest BCUT2D eigenvalue weighted by Gasteiger charge is -2.19. The Labute approximate surface area is 239 Å². The minimum absolute atomic E-state index is 0.969. The second-order valence-corrected chi connectivity index (χ2v) is 10.5. The lowest BCUT2D eigenvalue weighted by Crippen LogP contribution is -1.97. The van der Waals surface area contributed by atoms with Crippen LogP contribution in [-0.4, -0.2) is 0 Å². The maximum atomic E-state index is 5.51. The average Bonchev–Trinajstić information content (AvgIpc) is 3.04. The summed E-state index contributed by atoms with van der Waals surface area (Å²) in [6, 6.07) is 56.4. The Morgan fingerprint density at radius 3 is 1.05 bits per heavy atom. The van der Waals surface area contributed by atoms with Gasteiger partial charge in [-0.05, 0) is 66.3 Å². The molecular formula is C40H26N. The van der Waals surface area contributed by atoms with E-state index in [1.807, 2.05) is 0 Å². The van der Waals surface area contributed by atoms with Crippen molar-refractivity contribution in [1.82, 2.24) is 5.32 Å². The maximum absolute atomic E-state index is 5.51. The number of benzene rings is 8. The van der Waals surface area contributed by atoms with E-state index < -0.39 is 0 Å². The fourth-order valence-corrected chi connectivity index (χ4v) is 6.29. The van der Waals surface area contributed by atoms with Crippen molar-refractivity contribution in [3.05, 3.63) is 158 Å². The Balaban J connectivity index is 1.42. The summed E-state index contributed by atoms with van der Waals surface area (Å²) in [5.74, 6) is 0. The van der Waals surface area contributed by atoms with E-state index in [-0.39, 0.29) is 0 Å². The minimum Gasteiger partial charge on any atom is -0.248 e. The van der Waals surface area contributed by atoms with Crippen LogP contribution in [0.5, 0.6) is 0 Å². The van der Waals surface area contributed by atoms with Gasteiger partial charge in [-0.1, -0.05) is 146 Å². The van der Waals surface area contributed by atoms with E-state index in [2.05, 4.69) is 158 Å². The van der Waals surface area contributed by atoms with Crippen LogP contribution in [0.3, 0.4) is 0 Å². The molecule has 0 N–H and O–H groups in total. The Morgan fingerprint density at radius 2 is 0.610 bits per heavy atom. The third kappa shape index (κ3) is 3.94. The third-order valence-corrected chi connectivity index (χ3v) is 8.17. The van der Waals surface area contributed by atoms with Gasteiger partial charge in [-0.15, -0.1) is 0 Å². The first-order valence-electron chi connectivity index (χ1n) is 14.1. The molecule has 0 bridgehead atoms. The zero-order valence-corrected chi connectivity index (χ0v) is 22.5. The smallest absolute Gasteiger partial charge is 0.0722 e. The van der Waals surface area contributed by atoms with Crippen molar-refractivity contribution in [2.75, 3.05) is 0 Å². The number of nitrogens with zero attached hydrogens (tertiary/aromatic N) is 1. The monoisotopic (exact) mass is 520 g/mol. The van der Waals surface area contributed by atoms with Gasteiger partial charge in [0.2, 0.25) is 0 Å². The van der Waals surface area contributed by atoms with Crippen LogP contribution >= 0.6 is 0 Å². The van der Waals surface area contributed by atoms with Crippen molar-refractivity contribution in [3.63, 3.8) is 0 Å². The zero-order valence-electron chi connectivity index (χ0n) is 22.5. The molecular weight excluding hydrogens is 494 g/mol. The van der Waals surface area contributed by atoms with Gasteiger partial charge in [-0.25, -0.2) is 5.32 Å². The molecule has 0 aliphatic heterocycles. The van der Waals surface area contributed by atoms with Crippen LogP contribution in [0, 0.1) is 0 Å². The topological polar surface area (TPSA) is 14.1 Å². The highest BCUT2D eigenvalue weighted by Gasteiger charge is 2.18. The van der Waals surface area contributed by atoms with Gasteiger partial charge < -0.3 is 0 Å². The second kappa shape index (κ2) is 9.66. The summed E-state index contributed by atoms with van der Waals surface area (Å²) < 4.78 is 0. The molecule has 0 saturated carbocycles. The summed E-state index contributed by atoms with van der Waals surface area (Å²) in [4.78, 5) is 0. The highest BCUT2D eigenvalue weighted by molar-refractivity contribution is 6.12. The first kappa shape index (κ1) is 23.5. The third-order valence-electron chi connectivity index (χ3n) is 8.17. The highest BCUT2D eigenvalue weighted by Crippen LogP contribution is 2.44. The number of fused-ring (bicyclic) bond motifs is 4. The molecule has 0 atom stereocenters. The van der Waals surface area contributed by atoms with Crippen LogP contribution in [0.4, 0.5) is 11.4 Å². The quantitative estimate of drug-likeness (QED) is 0.219. The van der Waals surface area contributed by atoms with Gasteiger partial charge in [0.25, 0.3) is 0 Å². The van der Waals surface area contributed by atoms with Crippen LogP contribution in [0.15, 0.2) is 158 Å². The number of rotatable bonds is 4. The normalized spacial score (nSPS) is 11.4. The van der Waals surface area contributed by atoms with E-state index >= 15 is 0 Å². The minimum atomic E-state index is 0.969. The van der Waals surface area contributed by atoms with E-state index in [4.69, 9.17) is 5.32 Å². The van der Waals surface area contributed by atoms with Crippen LogP contribution < -0.4 is 5.32 Å². The molecule has 0 saturated heterocycles. The van der Waals surface area contributed by atoms with E-state index in [1.54, 1.807) is 0 Å². The molecule has 1 nitrogen and oxygen atoms in total. The van der Waals surface area contributed by atoms with Crippen LogP contribution in [0.1, 0.15) is 0 Å². The molecule has 0 aromatic heterocycles. The van der Waals surface area contributed by atoms with Gasteiger partial charge in [0.1, 0.15) is 0 Å². The molecule has 1 heteroatoms. The Morgan fingerprint density at radius 1 is 0.268 bits per heavy atom. The summed E-state index contributed by atoms with van der Waals surface area (Å²) in [7, 11) is 0. The van der Waals surface area contributed by atoms with Crippen molar-refractivity contribution in [2.24, 2.45) is 0 Å². The summed E-state index contributed by atoms with van der Waals surface area (Å²) >= 11 is 0. The highest BCUT2D eigenvalue weighted by atomic mass is 14.9. The lowest BCUT2D eigenvalue weighted by atomic mass is 9.91. The molecule has 0 unspecified atom stereocenters. The first-order chi connectivity index (χ1) is 20.3. The standard InChI is InChI=1S/C40H26N/c1-5-17-31-27(11-1)15-9-21-35(31)39-33-19-7-3-13-29(33)23-25-37(39)41-38-26-24-30-14-4-8-20-34(30)40(38)36-22-10-16-28-12-2-6-18-32(28)36/h1-26H. The van der Waals surface area contributed by atoms with Gasteiger partial charge >= 0.3 is 0 Å². The largest absolute Gasteiger partial charge is 0.248 e. The van der Waals surface area contributed by atoms with Gasteiger partial charge in [0.15, 0.2) is 0 Å². The zero-order chi connectivity index (χ0) is 27.2. The first-order valence-corrected chi connectivity index (χ1v) is 14.1. The van der Waals surface area contributed by atoms with Gasteiger partial charge in [-0.3, -0.25) is 0 Å². The molecule has 8 rings (SSSR count). The molecule has 0 aliphatic carbocycles. The molecule has 41 heavy (non-hydrogen) atoms. The molecule has 8 aromatic carbocycles. The van der Waals surface area contributed by atoms with Crippen molar-refractivity contribution >= 4 is 54.5 Å². The van der Waals surface area contributed by atoms with E-state index in [1.165, 1.54) is 54.2 Å². The van der Waals surface area contributed by atoms with Crippen molar-refractivity contribution < 1.29 is 0 Å². The maximum Gasteiger partial charge on any atom is 0.0722 e. The molecule has 0 aliphatic rings. The summed E-state index contributed by atoms with van der Waals surface area (Å²) in [6.07, 6.45) is 0. The predicted octanol–water partition coefficient (Wildman–Crippen LogP) is 11.2. The molecule has 0 amide bonds. The summed E-state index contributed by atoms with van der Waals surface area (Å²) in [6.45, 7) is 0. The van der Waals surface area contributed by atoms with Crippen LogP contribution in [-0.2, 0) is 0 Å². The molecule has 0 spiro atoms. The van der Waals surface area contributed by atoms with Gasteiger partial charge in [-0.2, -0.15) is 0 Å². The van der Waals surface area contributed by atoms with Gasteiger partial charge in [0, 0.05) is 11.1 Å². The Kier molecular flexibility index (Phi) is 5.53. The predicted molar refractivity (Wildman–Crippen MR) is 175 cm³/mol. The fourth-order valence-electron chi connectivity index (χ4n) is 6.29. The van der Waals surface area contributed by atoms with Gasteiger partial charge in [0.05, 0.1) is 11.4 Å². The van der Waals surface area contributed by atoms with Crippen LogP contribution in [0.2, 0.25) is 0 Å². The van der Waals surface area contributed by atoms with Crippen LogP contribution in [0.25, 0.3) is 65.3 Å². The molecule has 191 valence electrons. The van der Waals surface area contributed by atoms with Crippen molar-refractivity contribution in [1.29, 1.82) is 0 Å². The van der Waals surface area contributed by atoms with Crippen molar-refractivity contribution in [2.45, 2.75) is 0 Å². The van der Waals surface area contributed by atoms with E-state index in [9.17, 15) is 0 Å². The second-order valence-electron chi connectivity index (χ2n) is 10.5. The van der Waals surface area contributed by atoms with Crippen molar-refractivity contribution in [3.8, 4) is 22.3 Å². The number of hydrogen-bond acceptors (Lipinski definition) is 0. The summed E-state index contributed by atoms with van der Waals surface area (Å²) in [5.41, 5.74) is 6.67. The molecule has 8 aromatic rings. The van der Waals surface area contributed by atoms with E-state index in [0.717, 1.165) is 22.5 Å². The van der Waals surface area contributed by atoms with E-state index in [0.29, 0.717) is 0 Å². The number of hydrogen-bond donors (Lipinski definition) is 0. The SMILES string of the molecule is c1ccc2c(-c3c([N]c4ccc5ccccc5c4-c4cccc5ccccc45)ccc4ccccc34)cccc2c1. The molecule has 1 radical (unpaired) electrons. The lowest BCUT2D eigenvalue weighted by molar-refractivity contribution is 1.20. The molecule has 0 fully saturated rings. The fraction of sp³-hybridized carbons (Fsp3) is 0. The molecule has 0 heterocycles. The summed E-state index contributed by atoms with van der Waals surface area (Å²) in [5, 5.41) is 15.3. The Hall–Kier alpha value is -5.40. The Bertz CT molecular complexity index is 2070.